The maximum absolute atomic E-state index is 13.5. The predicted octanol–water partition coefficient (Wildman–Crippen LogP) is 3.31. The van der Waals surface area contributed by atoms with E-state index in [2.05, 4.69) is 21.3 Å². The summed E-state index contributed by atoms with van der Waals surface area (Å²) < 4.78 is 13.5. The number of halogens is 1. The molecule has 4 rings (SSSR count). The number of hydrogen-bond acceptors (Lipinski definition) is 1. The Morgan fingerprint density at radius 2 is 2.09 bits per heavy atom. The molecule has 0 radical (unpaired) electrons. The number of nitrogens with one attached hydrogen (secondary N) is 1. The van der Waals surface area contributed by atoms with E-state index in [1.54, 1.807) is 6.07 Å². The van der Waals surface area contributed by atoms with Crippen molar-refractivity contribution in [3.05, 3.63) is 35.6 Å². The Labute approximate surface area is 138 Å². The summed E-state index contributed by atoms with van der Waals surface area (Å²) in [6.45, 7) is 3.12. The lowest BCUT2D eigenvalue weighted by Crippen LogP contribution is -2.44. The van der Waals surface area contributed by atoms with Crippen LogP contribution in [-0.2, 0) is 5.41 Å². The second kappa shape index (κ2) is 5.50. The first kappa shape index (κ1) is 15.0. The molecule has 3 fully saturated rings. The number of benzene rings is 1. The standard InChI is InChI=1S/C19H26FN3/c1-21-17(23-11-10-18(14-23)6-3-7-18)22-13-19(8-9-19)15-4-2-5-16(20)12-15/h2,4-5,12H,3,6-11,13-14H2,1H3,(H,21,22). The molecule has 0 amide bonds. The van der Waals surface area contributed by atoms with E-state index >= 15 is 0 Å². The number of guanidine groups is 1. The number of rotatable bonds is 3. The number of aliphatic imine (C=N–C) groups is 1. The highest BCUT2D eigenvalue weighted by atomic mass is 19.1. The molecule has 124 valence electrons. The van der Waals surface area contributed by atoms with Gasteiger partial charge in [0.2, 0.25) is 0 Å². The van der Waals surface area contributed by atoms with Gasteiger partial charge in [-0.1, -0.05) is 18.6 Å². The topological polar surface area (TPSA) is 27.6 Å². The molecule has 3 aliphatic rings. The molecule has 23 heavy (non-hydrogen) atoms. The van der Waals surface area contributed by atoms with Gasteiger partial charge >= 0.3 is 0 Å². The monoisotopic (exact) mass is 315 g/mol. The molecule has 0 bridgehead atoms. The van der Waals surface area contributed by atoms with E-state index < -0.39 is 0 Å². The Balaban J connectivity index is 1.40. The van der Waals surface area contributed by atoms with Gasteiger partial charge in [-0.05, 0) is 55.2 Å². The lowest BCUT2D eigenvalue weighted by atomic mass is 9.68. The molecule has 2 aliphatic carbocycles. The van der Waals surface area contributed by atoms with Crippen molar-refractivity contribution in [3.8, 4) is 0 Å². The van der Waals surface area contributed by atoms with Crippen LogP contribution in [0.1, 0.15) is 44.1 Å². The molecule has 4 heteroatoms. The van der Waals surface area contributed by atoms with Gasteiger partial charge < -0.3 is 10.2 Å². The quantitative estimate of drug-likeness (QED) is 0.684. The maximum atomic E-state index is 13.5. The molecule has 1 spiro atoms. The van der Waals surface area contributed by atoms with Gasteiger partial charge in [0.05, 0.1) is 0 Å². The van der Waals surface area contributed by atoms with Crippen LogP contribution in [0, 0.1) is 11.2 Å². The molecule has 1 aromatic carbocycles. The van der Waals surface area contributed by atoms with Crippen LogP contribution in [-0.4, -0.2) is 37.5 Å². The minimum Gasteiger partial charge on any atom is -0.355 e. The lowest BCUT2D eigenvalue weighted by molar-refractivity contribution is 0.151. The summed E-state index contributed by atoms with van der Waals surface area (Å²) in [7, 11) is 1.87. The van der Waals surface area contributed by atoms with E-state index in [9.17, 15) is 4.39 Å². The molecule has 1 aliphatic heterocycles. The van der Waals surface area contributed by atoms with Crippen LogP contribution in [0.5, 0.6) is 0 Å². The zero-order valence-electron chi connectivity index (χ0n) is 13.9. The fourth-order valence-electron chi connectivity index (χ4n) is 4.32. The van der Waals surface area contributed by atoms with Crippen LogP contribution in [0.4, 0.5) is 4.39 Å². The smallest absolute Gasteiger partial charge is 0.193 e. The van der Waals surface area contributed by atoms with Crippen LogP contribution in [0.2, 0.25) is 0 Å². The molecule has 2 saturated carbocycles. The molecule has 1 heterocycles. The molecular weight excluding hydrogens is 289 g/mol. The van der Waals surface area contributed by atoms with E-state index in [1.165, 1.54) is 31.7 Å². The normalized spacial score (nSPS) is 24.6. The van der Waals surface area contributed by atoms with E-state index in [1.807, 2.05) is 13.1 Å². The van der Waals surface area contributed by atoms with E-state index in [0.717, 1.165) is 44.0 Å². The number of likely N-dealkylation sites (tertiary alicyclic amines) is 1. The van der Waals surface area contributed by atoms with Crippen molar-refractivity contribution in [1.29, 1.82) is 0 Å². The summed E-state index contributed by atoms with van der Waals surface area (Å²) in [4.78, 5) is 6.91. The van der Waals surface area contributed by atoms with Gasteiger partial charge in [0.25, 0.3) is 0 Å². The maximum Gasteiger partial charge on any atom is 0.193 e. The SMILES string of the molecule is CN=C(NCC1(c2cccc(F)c2)CC1)N1CCC2(CCC2)C1. The second-order valence-electron chi connectivity index (χ2n) is 7.72. The summed E-state index contributed by atoms with van der Waals surface area (Å²) in [6, 6.07) is 7.09. The fraction of sp³-hybridized carbons (Fsp3) is 0.632. The fourth-order valence-corrected chi connectivity index (χ4v) is 4.32. The summed E-state index contributed by atoms with van der Waals surface area (Å²) >= 11 is 0. The van der Waals surface area contributed by atoms with Crippen molar-refractivity contribution in [3.63, 3.8) is 0 Å². The van der Waals surface area contributed by atoms with Crippen molar-refractivity contribution >= 4 is 5.96 Å². The third-order valence-corrected chi connectivity index (χ3v) is 6.24. The van der Waals surface area contributed by atoms with Gasteiger partial charge in [0.15, 0.2) is 5.96 Å². The highest BCUT2D eigenvalue weighted by Crippen LogP contribution is 2.49. The average Bonchev–Trinajstić information content (AvgIpc) is 3.17. The van der Waals surface area contributed by atoms with E-state index in [4.69, 9.17) is 0 Å². The molecule has 1 aromatic rings. The summed E-state index contributed by atoms with van der Waals surface area (Å²) in [5.41, 5.74) is 1.81. The average molecular weight is 315 g/mol. The summed E-state index contributed by atoms with van der Waals surface area (Å²) in [5, 5.41) is 3.57. The Morgan fingerprint density at radius 1 is 1.26 bits per heavy atom. The van der Waals surface area contributed by atoms with Crippen molar-refractivity contribution < 1.29 is 4.39 Å². The van der Waals surface area contributed by atoms with Crippen molar-refractivity contribution in [1.82, 2.24) is 10.2 Å². The van der Waals surface area contributed by atoms with Gasteiger partial charge in [-0.15, -0.1) is 0 Å². The first-order chi connectivity index (χ1) is 11.1. The summed E-state index contributed by atoms with van der Waals surface area (Å²) in [5.74, 6) is 0.890. The molecule has 1 saturated heterocycles. The zero-order valence-corrected chi connectivity index (χ0v) is 13.9. The third kappa shape index (κ3) is 2.73. The first-order valence-electron chi connectivity index (χ1n) is 8.87. The van der Waals surface area contributed by atoms with Crippen LogP contribution in [0.15, 0.2) is 29.3 Å². The minimum atomic E-state index is -0.135. The molecule has 3 nitrogen and oxygen atoms in total. The molecule has 1 N–H and O–H groups in total. The van der Waals surface area contributed by atoms with Gasteiger partial charge in [-0.25, -0.2) is 4.39 Å². The molecular formula is C19H26FN3. The largest absolute Gasteiger partial charge is 0.355 e. The third-order valence-electron chi connectivity index (χ3n) is 6.24. The van der Waals surface area contributed by atoms with Gasteiger partial charge in [-0.3, -0.25) is 4.99 Å². The first-order valence-corrected chi connectivity index (χ1v) is 8.87. The van der Waals surface area contributed by atoms with E-state index in [-0.39, 0.29) is 11.2 Å². The van der Waals surface area contributed by atoms with Gasteiger partial charge in [0.1, 0.15) is 5.82 Å². The minimum absolute atomic E-state index is 0.103. The Kier molecular flexibility index (Phi) is 3.58. The molecule has 0 aromatic heterocycles. The highest BCUT2D eigenvalue weighted by Gasteiger charge is 2.46. The summed E-state index contributed by atoms with van der Waals surface area (Å²) in [6.07, 6.45) is 7.72. The number of nitrogens with zero attached hydrogens (tertiary/aromatic N) is 2. The van der Waals surface area contributed by atoms with Crippen molar-refractivity contribution in [2.75, 3.05) is 26.7 Å². The van der Waals surface area contributed by atoms with Crippen molar-refractivity contribution in [2.45, 2.75) is 43.9 Å². The van der Waals surface area contributed by atoms with Gasteiger partial charge in [-0.2, -0.15) is 0 Å². The Bertz CT molecular complexity index is 617. The van der Waals surface area contributed by atoms with Gasteiger partial charge in [0, 0.05) is 32.1 Å². The molecule has 0 atom stereocenters. The molecule has 0 unspecified atom stereocenters. The van der Waals surface area contributed by atoms with Crippen LogP contribution < -0.4 is 5.32 Å². The highest BCUT2D eigenvalue weighted by molar-refractivity contribution is 5.80. The predicted molar refractivity (Wildman–Crippen MR) is 91.1 cm³/mol. The lowest BCUT2D eigenvalue weighted by Gasteiger charge is -2.38. The Hall–Kier alpha value is -1.58. The van der Waals surface area contributed by atoms with Crippen LogP contribution in [0.3, 0.4) is 0 Å². The van der Waals surface area contributed by atoms with Crippen LogP contribution in [0.25, 0.3) is 0 Å². The van der Waals surface area contributed by atoms with Crippen molar-refractivity contribution in [2.24, 2.45) is 10.4 Å². The zero-order chi connectivity index (χ0) is 15.9. The van der Waals surface area contributed by atoms with Crippen LogP contribution >= 0.6 is 0 Å². The second-order valence-corrected chi connectivity index (χ2v) is 7.72. The van der Waals surface area contributed by atoms with E-state index in [0.29, 0.717) is 5.41 Å². The Morgan fingerprint density at radius 3 is 2.65 bits per heavy atom. The number of hydrogen-bond donors (Lipinski definition) is 1.